The van der Waals surface area contributed by atoms with E-state index >= 15 is 0 Å². The van der Waals surface area contributed by atoms with Crippen LogP contribution in [0.1, 0.15) is 53.9 Å². The van der Waals surface area contributed by atoms with Gasteiger partial charge in [0.2, 0.25) is 0 Å². The fourth-order valence-electron chi connectivity index (χ4n) is 1.65. The van der Waals surface area contributed by atoms with Crippen LogP contribution in [0.2, 0.25) is 0 Å². The van der Waals surface area contributed by atoms with Gasteiger partial charge in [0.15, 0.2) is 0 Å². The van der Waals surface area contributed by atoms with Crippen LogP contribution in [0, 0.1) is 17.8 Å². The van der Waals surface area contributed by atoms with Crippen molar-refractivity contribution in [3.63, 3.8) is 0 Å². The smallest absolute Gasteiger partial charge is 0.0391 e. The van der Waals surface area contributed by atoms with Crippen molar-refractivity contribution in [3.05, 3.63) is 0 Å². The molecule has 3 atom stereocenters. The van der Waals surface area contributed by atoms with Gasteiger partial charge in [-0.2, -0.15) is 0 Å². The lowest BCUT2D eigenvalue weighted by Gasteiger charge is -2.24. The van der Waals surface area contributed by atoms with E-state index in [1.54, 1.807) is 0 Å². The molecule has 0 saturated heterocycles. The molecule has 0 nitrogen and oxygen atoms in total. The van der Waals surface area contributed by atoms with Gasteiger partial charge >= 0.3 is 0 Å². The molecule has 0 bridgehead atoms. The molecule has 0 aliphatic rings. The summed E-state index contributed by atoms with van der Waals surface area (Å²) in [6.07, 6.45) is 4.06. The summed E-state index contributed by atoms with van der Waals surface area (Å²) in [6, 6.07) is 0. The van der Waals surface area contributed by atoms with E-state index in [-0.39, 0.29) is 0 Å². The Labute approximate surface area is 72.4 Å². The average Bonchev–Trinajstić information content (AvgIpc) is 2.02. The van der Waals surface area contributed by atoms with Gasteiger partial charge in [0.1, 0.15) is 0 Å². The van der Waals surface area contributed by atoms with Crippen LogP contribution in [-0.4, -0.2) is 0 Å². The van der Waals surface area contributed by atoms with Crippen LogP contribution in [0.25, 0.3) is 0 Å². The molecule has 0 heterocycles. The lowest BCUT2D eigenvalue weighted by Crippen LogP contribution is -2.15. The van der Waals surface area contributed by atoms with E-state index < -0.39 is 0 Å². The van der Waals surface area contributed by atoms with Crippen molar-refractivity contribution in [2.45, 2.75) is 53.9 Å². The van der Waals surface area contributed by atoms with Crippen molar-refractivity contribution < 1.29 is 0 Å². The first kappa shape index (κ1) is 11.0. The Morgan fingerprint density at radius 3 is 1.82 bits per heavy atom. The molecular formula is C11H24. The molecule has 0 aromatic heterocycles. The van der Waals surface area contributed by atoms with Gasteiger partial charge in [-0.1, -0.05) is 53.9 Å². The van der Waals surface area contributed by atoms with Crippen LogP contribution < -0.4 is 0 Å². The Morgan fingerprint density at radius 2 is 1.45 bits per heavy atom. The van der Waals surface area contributed by atoms with Crippen LogP contribution in [0.3, 0.4) is 0 Å². The van der Waals surface area contributed by atoms with Gasteiger partial charge in [0.05, 0.1) is 0 Å². The zero-order valence-corrected chi connectivity index (χ0v) is 8.85. The fraction of sp³-hybridized carbons (Fsp3) is 1.00. The van der Waals surface area contributed by atoms with Crippen molar-refractivity contribution >= 4 is 0 Å². The van der Waals surface area contributed by atoms with E-state index in [9.17, 15) is 0 Å². The minimum absolute atomic E-state index is 0.900. The molecule has 0 heteroatoms. The van der Waals surface area contributed by atoms with Crippen LogP contribution >= 0.6 is 0 Å². The lowest BCUT2D eigenvalue weighted by molar-refractivity contribution is 0.259. The molecule has 0 amide bonds. The van der Waals surface area contributed by atoms with Gasteiger partial charge in [0, 0.05) is 0 Å². The molecule has 0 N–H and O–H groups in total. The first-order valence-electron chi connectivity index (χ1n) is 5.13. The maximum absolute atomic E-state index is 2.40. The zero-order chi connectivity index (χ0) is 8.85. The topological polar surface area (TPSA) is 0 Å². The van der Waals surface area contributed by atoms with E-state index in [1.807, 2.05) is 0 Å². The fourth-order valence-corrected chi connectivity index (χ4v) is 1.65. The highest BCUT2D eigenvalue weighted by atomic mass is 14.2. The molecule has 0 saturated carbocycles. The number of hydrogen-bond donors (Lipinski definition) is 0. The van der Waals surface area contributed by atoms with Crippen LogP contribution in [0.4, 0.5) is 0 Å². The van der Waals surface area contributed by atoms with Gasteiger partial charge in [-0.25, -0.2) is 0 Å². The Kier molecular flexibility index (Phi) is 5.62. The van der Waals surface area contributed by atoms with E-state index in [0.29, 0.717) is 0 Å². The molecule has 0 aromatic rings. The highest BCUT2D eigenvalue weighted by Crippen LogP contribution is 2.25. The van der Waals surface area contributed by atoms with Gasteiger partial charge in [-0.15, -0.1) is 0 Å². The minimum Gasteiger partial charge on any atom is -0.0654 e. The Bertz CT molecular complexity index is 86.0. The summed E-state index contributed by atoms with van der Waals surface area (Å²) < 4.78 is 0. The molecule has 0 spiro atoms. The predicted octanol–water partition coefficient (Wildman–Crippen LogP) is 4.10. The molecule has 2 unspecified atom stereocenters. The Morgan fingerprint density at radius 1 is 0.909 bits per heavy atom. The maximum Gasteiger partial charge on any atom is -0.0391 e. The molecule has 0 fully saturated rings. The SMILES string of the molecule is CCCC(C)[C@H](C)C(C)CC. The summed E-state index contributed by atoms with van der Waals surface area (Å²) in [4.78, 5) is 0. The van der Waals surface area contributed by atoms with E-state index in [0.717, 1.165) is 17.8 Å². The predicted molar refractivity (Wildman–Crippen MR) is 52.7 cm³/mol. The molecule has 11 heavy (non-hydrogen) atoms. The number of hydrogen-bond acceptors (Lipinski definition) is 0. The second-order valence-electron chi connectivity index (χ2n) is 4.01. The van der Waals surface area contributed by atoms with Gasteiger partial charge in [-0.3, -0.25) is 0 Å². The second-order valence-corrected chi connectivity index (χ2v) is 4.01. The molecule has 0 aliphatic heterocycles. The summed E-state index contributed by atoms with van der Waals surface area (Å²) in [5.74, 6) is 2.71. The quantitative estimate of drug-likeness (QED) is 0.562. The van der Waals surface area contributed by atoms with Crippen LogP contribution in [-0.2, 0) is 0 Å². The molecule has 0 aliphatic carbocycles. The maximum atomic E-state index is 2.40. The average molecular weight is 156 g/mol. The van der Waals surface area contributed by atoms with Crippen molar-refractivity contribution in [2.24, 2.45) is 17.8 Å². The van der Waals surface area contributed by atoms with Crippen LogP contribution in [0.15, 0.2) is 0 Å². The highest BCUT2D eigenvalue weighted by Gasteiger charge is 2.16. The van der Waals surface area contributed by atoms with Gasteiger partial charge in [0.25, 0.3) is 0 Å². The summed E-state index contributed by atoms with van der Waals surface area (Å²) in [5.41, 5.74) is 0. The summed E-state index contributed by atoms with van der Waals surface area (Å²) in [5, 5.41) is 0. The zero-order valence-electron chi connectivity index (χ0n) is 8.85. The van der Waals surface area contributed by atoms with E-state index in [2.05, 4.69) is 34.6 Å². The van der Waals surface area contributed by atoms with Crippen molar-refractivity contribution in [1.29, 1.82) is 0 Å². The van der Waals surface area contributed by atoms with Gasteiger partial charge in [-0.05, 0) is 17.8 Å². The third kappa shape index (κ3) is 3.79. The standard InChI is InChI=1S/C11H24/c1-6-8-10(4)11(5)9(3)7-2/h9-11H,6-8H2,1-5H3/t9?,10?,11-/m1/s1. The molecule has 0 radical (unpaired) electrons. The highest BCUT2D eigenvalue weighted by molar-refractivity contribution is 4.66. The summed E-state index contributed by atoms with van der Waals surface area (Å²) in [6.45, 7) is 11.7. The number of rotatable bonds is 5. The summed E-state index contributed by atoms with van der Waals surface area (Å²) in [7, 11) is 0. The molecule has 68 valence electrons. The normalized spacial score (nSPS) is 19.4. The monoisotopic (exact) mass is 156 g/mol. The molecular weight excluding hydrogens is 132 g/mol. The third-order valence-electron chi connectivity index (χ3n) is 3.18. The molecule has 0 rings (SSSR count). The summed E-state index contributed by atoms with van der Waals surface area (Å²) >= 11 is 0. The first-order valence-corrected chi connectivity index (χ1v) is 5.13. The van der Waals surface area contributed by atoms with E-state index in [4.69, 9.17) is 0 Å². The Balaban J connectivity index is 3.70. The third-order valence-corrected chi connectivity index (χ3v) is 3.18. The minimum atomic E-state index is 0.900. The van der Waals surface area contributed by atoms with Crippen LogP contribution in [0.5, 0.6) is 0 Å². The second kappa shape index (κ2) is 5.62. The lowest BCUT2D eigenvalue weighted by atomic mass is 9.81. The largest absolute Gasteiger partial charge is 0.0654 e. The molecule has 0 aromatic carbocycles. The van der Waals surface area contributed by atoms with Gasteiger partial charge < -0.3 is 0 Å². The van der Waals surface area contributed by atoms with Crippen molar-refractivity contribution in [3.8, 4) is 0 Å². The first-order chi connectivity index (χ1) is 5.13. The van der Waals surface area contributed by atoms with Crippen molar-refractivity contribution in [1.82, 2.24) is 0 Å². The Hall–Kier alpha value is 0. The van der Waals surface area contributed by atoms with Crippen molar-refractivity contribution in [2.75, 3.05) is 0 Å². The van der Waals surface area contributed by atoms with E-state index in [1.165, 1.54) is 19.3 Å².